The number of terminal acetylenes is 1. The summed E-state index contributed by atoms with van der Waals surface area (Å²) in [6, 6.07) is 13.8. The van der Waals surface area contributed by atoms with E-state index in [0.29, 0.717) is 24.5 Å². The van der Waals surface area contributed by atoms with Crippen LogP contribution in [0.5, 0.6) is 11.5 Å². The van der Waals surface area contributed by atoms with Crippen LogP contribution in [-0.2, 0) is 11.3 Å². The van der Waals surface area contributed by atoms with Gasteiger partial charge in [0.25, 0.3) is 0 Å². The van der Waals surface area contributed by atoms with E-state index in [4.69, 9.17) is 15.9 Å². The van der Waals surface area contributed by atoms with Crippen molar-refractivity contribution in [2.75, 3.05) is 13.7 Å². The van der Waals surface area contributed by atoms with Gasteiger partial charge in [-0.25, -0.2) is 0 Å². The molecule has 136 valence electrons. The number of amides is 1. The quantitative estimate of drug-likeness (QED) is 0.736. The minimum atomic E-state index is 0.0182. The molecular weight excluding hydrogens is 326 g/mol. The van der Waals surface area contributed by atoms with E-state index in [-0.39, 0.29) is 18.4 Å². The maximum absolute atomic E-state index is 12.2. The number of carbonyl (C=O) groups excluding carboxylic acids is 1. The van der Waals surface area contributed by atoms with Crippen LogP contribution in [0.2, 0.25) is 0 Å². The molecule has 26 heavy (non-hydrogen) atoms. The van der Waals surface area contributed by atoms with Crippen molar-refractivity contribution in [2.45, 2.75) is 32.7 Å². The largest absolute Gasteiger partial charge is 0.493 e. The van der Waals surface area contributed by atoms with Crippen molar-refractivity contribution in [2.24, 2.45) is 0 Å². The van der Waals surface area contributed by atoms with Crippen LogP contribution in [0.15, 0.2) is 42.5 Å². The zero-order valence-electron chi connectivity index (χ0n) is 15.5. The number of rotatable bonds is 8. The van der Waals surface area contributed by atoms with E-state index in [2.05, 4.69) is 11.2 Å². The summed E-state index contributed by atoms with van der Waals surface area (Å²) in [6.45, 7) is 4.78. The van der Waals surface area contributed by atoms with Crippen LogP contribution in [0.25, 0.3) is 0 Å². The Bertz CT molecular complexity index is 775. The minimum Gasteiger partial charge on any atom is -0.493 e. The average Bonchev–Trinajstić information content (AvgIpc) is 2.65. The molecule has 1 unspecified atom stereocenters. The summed E-state index contributed by atoms with van der Waals surface area (Å²) in [4.78, 5) is 12.2. The highest BCUT2D eigenvalue weighted by atomic mass is 16.5. The molecule has 4 nitrogen and oxygen atoms in total. The number of hydrogen-bond donors (Lipinski definition) is 1. The van der Waals surface area contributed by atoms with Gasteiger partial charge in [-0.2, -0.15) is 0 Å². The summed E-state index contributed by atoms with van der Waals surface area (Å²) in [5.74, 6) is 3.73. The third-order valence-corrected chi connectivity index (χ3v) is 4.17. The van der Waals surface area contributed by atoms with Crippen LogP contribution in [0.4, 0.5) is 0 Å². The standard InChI is InChI=1S/C22H25NO3/c1-5-12-26-20-11-10-19(14-21(20)25-4)17(3)13-22(24)23-15-18-8-6-16(2)7-9-18/h1,6-11,14,17H,12-13,15H2,2-4H3,(H,23,24). The fourth-order valence-corrected chi connectivity index (χ4v) is 2.60. The molecule has 4 heteroatoms. The second kappa shape index (κ2) is 9.53. The zero-order chi connectivity index (χ0) is 18.9. The van der Waals surface area contributed by atoms with Gasteiger partial charge in [0.05, 0.1) is 7.11 Å². The van der Waals surface area contributed by atoms with Gasteiger partial charge in [-0.3, -0.25) is 4.79 Å². The van der Waals surface area contributed by atoms with Gasteiger partial charge in [0.1, 0.15) is 6.61 Å². The Labute approximate surface area is 155 Å². The molecule has 0 aromatic heterocycles. The number of aryl methyl sites for hydroxylation is 1. The molecule has 2 aromatic rings. The van der Waals surface area contributed by atoms with E-state index < -0.39 is 0 Å². The van der Waals surface area contributed by atoms with Crippen molar-refractivity contribution in [3.05, 3.63) is 59.2 Å². The molecule has 2 rings (SSSR count). The maximum Gasteiger partial charge on any atom is 0.220 e. The Hall–Kier alpha value is -2.93. The van der Waals surface area contributed by atoms with Crippen molar-refractivity contribution >= 4 is 5.91 Å². The van der Waals surface area contributed by atoms with Gasteiger partial charge in [0.2, 0.25) is 5.91 Å². The molecule has 1 amide bonds. The van der Waals surface area contributed by atoms with Crippen molar-refractivity contribution in [3.63, 3.8) is 0 Å². The molecule has 0 radical (unpaired) electrons. The lowest BCUT2D eigenvalue weighted by Crippen LogP contribution is -2.24. The van der Waals surface area contributed by atoms with Crippen molar-refractivity contribution in [1.82, 2.24) is 5.32 Å². The molecule has 0 aliphatic heterocycles. The van der Waals surface area contributed by atoms with E-state index in [9.17, 15) is 4.79 Å². The topological polar surface area (TPSA) is 47.6 Å². The number of ether oxygens (including phenoxy) is 2. The summed E-state index contributed by atoms with van der Waals surface area (Å²) < 4.78 is 10.8. The average molecular weight is 351 g/mol. The normalized spacial score (nSPS) is 11.3. The van der Waals surface area contributed by atoms with Crippen LogP contribution in [-0.4, -0.2) is 19.6 Å². The molecule has 0 fully saturated rings. The third kappa shape index (κ3) is 5.56. The monoisotopic (exact) mass is 351 g/mol. The van der Waals surface area contributed by atoms with Gasteiger partial charge < -0.3 is 14.8 Å². The SMILES string of the molecule is C#CCOc1ccc(C(C)CC(=O)NCc2ccc(C)cc2)cc1OC. The first kappa shape index (κ1) is 19.4. The smallest absolute Gasteiger partial charge is 0.220 e. The van der Waals surface area contributed by atoms with Gasteiger partial charge in [0, 0.05) is 13.0 Å². The number of benzene rings is 2. The van der Waals surface area contributed by atoms with Crippen LogP contribution < -0.4 is 14.8 Å². The molecule has 0 aliphatic rings. The molecule has 1 N–H and O–H groups in total. The summed E-state index contributed by atoms with van der Waals surface area (Å²) >= 11 is 0. The summed E-state index contributed by atoms with van der Waals surface area (Å²) in [6.07, 6.45) is 5.62. The molecule has 1 atom stereocenters. The van der Waals surface area contributed by atoms with Crippen LogP contribution in [0.3, 0.4) is 0 Å². The van der Waals surface area contributed by atoms with Gasteiger partial charge in [0.15, 0.2) is 11.5 Å². The van der Waals surface area contributed by atoms with Crippen LogP contribution in [0, 0.1) is 19.3 Å². The number of nitrogens with one attached hydrogen (secondary N) is 1. The maximum atomic E-state index is 12.2. The zero-order valence-corrected chi connectivity index (χ0v) is 15.5. The second-order valence-corrected chi connectivity index (χ2v) is 6.27. The minimum absolute atomic E-state index is 0.0182. The van der Waals surface area contributed by atoms with Crippen molar-refractivity contribution in [1.29, 1.82) is 0 Å². The first-order valence-electron chi connectivity index (χ1n) is 8.60. The lowest BCUT2D eigenvalue weighted by Gasteiger charge is -2.15. The number of methoxy groups -OCH3 is 1. The Morgan fingerprint density at radius 1 is 1.19 bits per heavy atom. The highest BCUT2D eigenvalue weighted by Gasteiger charge is 2.14. The molecule has 0 heterocycles. The van der Waals surface area contributed by atoms with Crippen molar-refractivity contribution in [3.8, 4) is 23.8 Å². The summed E-state index contributed by atoms with van der Waals surface area (Å²) in [7, 11) is 1.58. The van der Waals surface area contributed by atoms with Crippen LogP contribution >= 0.6 is 0 Å². The molecule has 0 bridgehead atoms. The molecular formula is C22H25NO3. The first-order valence-corrected chi connectivity index (χ1v) is 8.60. The van der Waals surface area contributed by atoms with Gasteiger partial charge in [-0.05, 0) is 36.1 Å². The Kier molecular flexibility index (Phi) is 7.11. The fraction of sp³-hybridized carbons (Fsp3) is 0.318. The number of hydrogen-bond acceptors (Lipinski definition) is 3. The highest BCUT2D eigenvalue weighted by Crippen LogP contribution is 2.31. The molecule has 0 saturated heterocycles. The highest BCUT2D eigenvalue weighted by molar-refractivity contribution is 5.76. The Balaban J connectivity index is 1.93. The fourth-order valence-electron chi connectivity index (χ4n) is 2.60. The van der Waals surface area contributed by atoms with E-state index in [0.717, 1.165) is 11.1 Å². The van der Waals surface area contributed by atoms with Crippen molar-refractivity contribution < 1.29 is 14.3 Å². The molecule has 0 spiro atoms. The van der Waals surface area contributed by atoms with Gasteiger partial charge >= 0.3 is 0 Å². The van der Waals surface area contributed by atoms with Crippen LogP contribution in [0.1, 0.15) is 36.0 Å². The Morgan fingerprint density at radius 2 is 1.92 bits per heavy atom. The lowest BCUT2D eigenvalue weighted by molar-refractivity contribution is -0.121. The van der Waals surface area contributed by atoms with E-state index in [1.807, 2.05) is 56.3 Å². The predicted molar refractivity (Wildman–Crippen MR) is 103 cm³/mol. The van der Waals surface area contributed by atoms with Gasteiger partial charge in [-0.15, -0.1) is 6.42 Å². The van der Waals surface area contributed by atoms with E-state index in [1.165, 1.54) is 5.56 Å². The predicted octanol–water partition coefficient (Wildman–Crippen LogP) is 3.83. The second-order valence-electron chi connectivity index (χ2n) is 6.27. The lowest BCUT2D eigenvalue weighted by atomic mass is 9.97. The first-order chi connectivity index (χ1) is 12.5. The van der Waals surface area contributed by atoms with Gasteiger partial charge in [-0.1, -0.05) is 48.7 Å². The molecule has 2 aromatic carbocycles. The molecule has 0 saturated carbocycles. The third-order valence-electron chi connectivity index (χ3n) is 4.17. The number of carbonyl (C=O) groups is 1. The Morgan fingerprint density at radius 3 is 2.58 bits per heavy atom. The molecule has 0 aliphatic carbocycles. The summed E-state index contributed by atoms with van der Waals surface area (Å²) in [5, 5.41) is 2.97. The van der Waals surface area contributed by atoms with E-state index >= 15 is 0 Å². The summed E-state index contributed by atoms with van der Waals surface area (Å²) in [5.41, 5.74) is 3.31. The van der Waals surface area contributed by atoms with E-state index in [1.54, 1.807) is 7.11 Å².